The maximum Gasteiger partial charge on any atom is 0.290 e. The summed E-state index contributed by atoms with van der Waals surface area (Å²) < 4.78 is 5.29. The average Bonchev–Trinajstić information content (AvgIpc) is 3.16. The number of carbonyl (C=O) groups excluding carboxylic acids is 2. The van der Waals surface area contributed by atoms with Crippen molar-refractivity contribution < 1.29 is 14.0 Å². The number of thioether (sulfide) groups is 1. The van der Waals surface area contributed by atoms with Gasteiger partial charge in [0.15, 0.2) is 5.76 Å². The van der Waals surface area contributed by atoms with E-state index >= 15 is 0 Å². The van der Waals surface area contributed by atoms with Gasteiger partial charge < -0.3 is 14.2 Å². The predicted molar refractivity (Wildman–Crippen MR) is 94.8 cm³/mol. The highest BCUT2D eigenvalue weighted by atomic mass is 32.2. The third kappa shape index (κ3) is 3.48. The Balaban J connectivity index is 1.65. The molecule has 132 valence electrons. The fourth-order valence-corrected chi connectivity index (χ4v) is 4.97. The Morgan fingerprint density at radius 1 is 1.25 bits per heavy atom. The number of piperidine rings is 1. The minimum Gasteiger partial charge on any atom is -0.459 e. The van der Waals surface area contributed by atoms with Crippen LogP contribution in [0.5, 0.6) is 0 Å². The van der Waals surface area contributed by atoms with Crippen LogP contribution >= 0.6 is 11.8 Å². The molecule has 0 radical (unpaired) electrons. The molecule has 6 heteroatoms. The molecule has 1 aromatic heterocycles. The van der Waals surface area contributed by atoms with Crippen molar-refractivity contribution in [1.82, 2.24) is 9.80 Å². The molecule has 2 amide bonds. The Hall–Kier alpha value is -1.43. The van der Waals surface area contributed by atoms with Crippen molar-refractivity contribution in [2.75, 3.05) is 25.4 Å². The second kappa shape index (κ2) is 6.47. The summed E-state index contributed by atoms with van der Waals surface area (Å²) in [4.78, 5) is 28.9. The molecule has 0 atom stereocenters. The van der Waals surface area contributed by atoms with Crippen molar-refractivity contribution in [3.8, 4) is 0 Å². The third-order valence-electron chi connectivity index (χ3n) is 4.73. The average molecular weight is 350 g/mol. The molecule has 0 saturated carbocycles. The molecule has 0 unspecified atom stereocenters. The van der Waals surface area contributed by atoms with E-state index in [1.165, 1.54) is 6.26 Å². The van der Waals surface area contributed by atoms with Crippen LogP contribution in [0.4, 0.5) is 0 Å². The van der Waals surface area contributed by atoms with Crippen molar-refractivity contribution in [3.63, 3.8) is 0 Å². The van der Waals surface area contributed by atoms with E-state index in [-0.39, 0.29) is 22.1 Å². The number of hydrogen-bond donors (Lipinski definition) is 0. The van der Waals surface area contributed by atoms with Gasteiger partial charge in [0.2, 0.25) is 5.91 Å². The summed E-state index contributed by atoms with van der Waals surface area (Å²) in [7, 11) is 0. The number of nitrogens with zero attached hydrogens (tertiary/aromatic N) is 2. The lowest BCUT2D eigenvalue weighted by molar-refractivity contribution is -0.134. The van der Waals surface area contributed by atoms with E-state index in [1.807, 2.05) is 21.6 Å². The minimum absolute atomic E-state index is 0.00954. The van der Waals surface area contributed by atoms with Gasteiger partial charge in [0, 0.05) is 31.8 Å². The fourth-order valence-electron chi connectivity index (χ4n) is 3.51. The smallest absolute Gasteiger partial charge is 0.290 e. The van der Waals surface area contributed by atoms with Crippen LogP contribution in [0.15, 0.2) is 22.8 Å². The SMILES string of the molecule is CC(C)(C)CC(=O)N1CCC2(CC1)SCCN2C(=O)c1ccco1. The van der Waals surface area contributed by atoms with Crippen LogP contribution < -0.4 is 0 Å². The lowest BCUT2D eigenvalue weighted by Crippen LogP contribution is -2.53. The van der Waals surface area contributed by atoms with Gasteiger partial charge in [-0.1, -0.05) is 20.8 Å². The molecule has 2 fully saturated rings. The van der Waals surface area contributed by atoms with E-state index in [0.29, 0.717) is 12.2 Å². The van der Waals surface area contributed by atoms with Gasteiger partial charge in [0.05, 0.1) is 11.1 Å². The maximum absolute atomic E-state index is 12.7. The van der Waals surface area contributed by atoms with Gasteiger partial charge in [0.25, 0.3) is 5.91 Å². The standard InChI is InChI=1S/C18H26N2O3S/c1-17(2,3)13-15(21)19-8-6-18(7-9-19)20(10-12-24-18)16(22)14-5-4-11-23-14/h4-5,11H,6-10,12-13H2,1-3H3. The molecule has 0 N–H and O–H groups in total. The van der Waals surface area contributed by atoms with Gasteiger partial charge in [-0.15, -0.1) is 11.8 Å². The van der Waals surface area contributed by atoms with Gasteiger partial charge in [-0.3, -0.25) is 9.59 Å². The van der Waals surface area contributed by atoms with Crippen LogP contribution in [0.3, 0.4) is 0 Å². The molecule has 1 spiro atoms. The highest BCUT2D eigenvalue weighted by Gasteiger charge is 2.47. The van der Waals surface area contributed by atoms with Gasteiger partial charge >= 0.3 is 0 Å². The Kier molecular flexibility index (Phi) is 4.69. The van der Waals surface area contributed by atoms with Crippen molar-refractivity contribution in [2.24, 2.45) is 5.41 Å². The zero-order valence-electron chi connectivity index (χ0n) is 14.7. The minimum atomic E-state index is -0.178. The number of carbonyl (C=O) groups is 2. The molecule has 2 saturated heterocycles. The van der Waals surface area contributed by atoms with Crippen LogP contribution in [0.2, 0.25) is 0 Å². The summed E-state index contributed by atoms with van der Waals surface area (Å²) in [5.41, 5.74) is 0.00954. The second-order valence-electron chi connectivity index (χ2n) is 7.85. The first-order valence-electron chi connectivity index (χ1n) is 8.58. The van der Waals surface area contributed by atoms with Crippen LogP contribution in [-0.2, 0) is 4.79 Å². The zero-order valence-corrected chi connectivity index (χ0v) is 15.5. The Morgan fingerprint density at radius 2 is 1.96 bits per heavy atom. The largest absolute Gasteiger partial charge is 0.459 e. The van der Waals surface area contributed by atoms with Crippen molar-refractivity contribution >= 4 is 23.6 Å². The number of hydrogen-bond acceptors (Lipinski definition) is 4. The lowest BCUT2D eigenvalue weighted by Gasteiger charge is -2.44. The summed E-state index contributed by atoms with van der Waals surface area (Å²) in [6.07, 6.45) is 3.78. The van der Waals surface area contributed by atoms with Crippen molar-refractivity contribution in [1.29, 1.82) is 0 Å². The van der Waals surface area contributed by atoms with Crippen LogP contribution in [0.1, 0.15) is 50.6 Å². The van der Waals surface area contributed by atoms with Gasteiger partial charge in [-0.25, -0.2) is 0 Å². The number of furan rings is 1. The summed E-state index contributed by atoms with van der Waals surface area (Å²) in [6, 6.07) is 3.47. The lowest BCUT2D eigenvalue weighted by atomic mass is 9.91. The maximum atomic E-state index is 12.7. The van der Waals surface area contributed by atoms with Crippen LogP contribution in [0.25, 0.3) is 0 Å². The van der Waals surface area contributed by atoms with E-state index in [4.69, 9.17) is 4.42 Å². The Morgan fingerprint density at radius 3 is 2.54 bits per heavy atom. The summed E-state index contributed by atoms with van der Waals surface area (Å²) >= 11 is 1.85. The molecule has 0 aromatic carbocycles. The third-order valence-corrected chi connectivity index (χ3v) is 6.29. The second-order valence-corrected chi connectivity index (χ2v) is 9.30. The fraction of sp³-hybridized carbons (Fsp3) is 0.667. The summed E-state index contributed by atoms with van der Waals surface area (Å²) in [6.45, 7) is 8.47. The molecule has 2 aliphatic rings. The van der Waals surface area contributed by atoms with Crippen molar-refractivity contribution in [2.45, 2.75) is 44.9 Å². The number of likely N-dealkylation sites (tertiary alicyclic amines) is 1. The van der Waals surface area contributed by atoms with E-state index in [9.17, 15) is 9.59 Å². The monoisotopic (exact) mass is 350 g/mol. The highest BCUT2D eigenvalue weighted by molar-refractivity contribution is 8.00. The first-order valence-corrected chi connectivity index (χ1v) is 9.57. The van der Waals surface area contributed by atoms with E-state index in [2.05, 4.69) is 20.8 Å². The molecule has 5 nitrogen and oxygen atoms in total. The molecule has 3 heterocycles. The van der Waals surface area contributed by atoms with E-state index < -0.39 is 0 Å². The number of rotatable bonds is 2. The molecule has 0 aliphatic carbocycles. The van der Waals surface area contributed by atoms with Crippen LogP contribution in [-0.4, -0.2) is 51.9 Å². The molecular weight excluding hydrogens is 324 g/mol. The zero-order chi connectivity index (χ0) is 17.4. The Bertz CT molecular complexity index is 598. The molecule has 24 heavy (non-hydrogen) atoms. The van der Waals surface area contributed by atoms with Crippen molar-refractivity contribution in [3.05, 3.63) is 24.2 Å². The summed E-state index contributed by atoms with van der Waals surface area (Å²) in [5, 5.41) is 0. The van der Waals surface area contributed by atoms with Gasteiger partial charge in [0.1, 0.15) is 0 Å². The molecule has 0 bridgehead atoms. The Labute approximate surface area is 147 Å². The quantitative estimate of drug-likeness (QED) is 0.822. The van der Waals surface area contributed by atoms with Crippen LogP contribution in [0, 0.1) is 5.41 Å². The predicted octanol–water partition coefficient (Wildman–Crippen LogP) is 3.22. The molecule has 3 rings (SSSR count). The first-order chi connectivity index (χ1) is 11.3. The van der Waals surface area contributed by atoms with E-state index in [0.717, 1.165) is 38.2 Å². The molecular formula is C18H26N2O3S. The number of amides is 2. The van der Waals surface area contributed by atoms with Gasteiger partial charge in [-0.05, 0) is 30.4 Å². The molecule has 2 aliphatic heterocycles. The molecule has 1 aromatic rings. The normalized spacial score (nSPS) is 20.6. The highest BCUT2D eigenvalue weighted by Crippen LogP contribution is 2.44. The van der Waals surface area contributed by atoms with E-state index in [1.54, 1.807) is 12.1 Å². The topological polar surface area (TPSA) is 53.8 Å². The van der Waals surface area contributed by atoms with Gasteiger partial charge in [-0.2, -0.15) is 0 Å². The summed E-state index contributed by atoms with van der Waals surface area (Å²) in [5.74, 6) is 1.55. The first kappa shape index (κ1) is 17.4.